The lowest BCUT2D eigenvalue weighted by Gasteiger charge is -2.13. The Morgan fingerprint density at radius 2 is 1.00 bits per heavy atom. The van der Waals surface area contributed by atoms with Crippen molar-refractivity contribution in [3.05, 3.63) is 107 Å². The van der Waals surface area contributed by atoms with Crippen molar-refractivity contribution in [1.82, 2.24) is 10.9 Å². The summed E-state index contributed by atoms with van der Waals surface area (Å²) < 4.78 is 10.6. The molecule has 2 N–H and O–H groups in total. The van der Waals surface area contributed by atoms with Crippen molar-refractivity contribution in [2.45, 2.75) is 12.2 Å². The molecule has 174 valence electrons. The predicted molar refractivity (Wildman–Crippen MR) is 130 cm³/mol. The maximum absolute atomic E-state index is 12.3. The molecule has 0 heterocycles. The molecular weight excluding hydrogens is 432 g/mol. The van der Waals surface area contributed by atoms with Crippen LogP contribution in [0.5, 0.6) is 0 Å². The Morgan fingerprint density at radius 3 is 1.32 bits per heavy atom. The summed E-state index contributed by atoms with van der Waals surface area (Å²) in [6.07, 6.45) is 1.57. The number of rotatable bonds is 10. The first-order valence-corrected chi connectivity index (χ1v) is 10.5. The molecule has 3 aromatic rings. The van der Waals surface area contributed by atoms with Gasteiger partial charge in [0.1, 0.15) is 0 Å². The number of amides is 2. The molecular formula is C26H26N4O4. The maximum Gasteiger partial charge on any atom is 0.273 e. The highest BCUT2D eigenvalue weighted by Crippen LogP contribution is 2.17. The van der Waals surface area contributed by atoms with Gasteiger partial charge in [0.15, 0.2) is 12.2 Å². The van der Waals surface area contributed by atoms with Crippen molar-refractivity contribution in [1.29, 1.82) is 0 Å². The summed E-state index contributed by atoms with van der Waals surface area (Å²) in [5, 5.41) is 8.00. The highest BCUT2D eigenvalue weighted by molar-refractivity contribution is 5.87. The Balaban J connectivity index is 1.51. The fourth-order valence-corrected chi connectivity index (χ4v) is 3.17. The zero-order chi connectivity index (χ0) is 24.2. The van der Waals surface area contributed by atoms with Crippen LogP contribution < -0.4 is 10.9 Å². The second-order valence-corrected chi connectivity index (χ2v) is 7.19. The zero-order valence-corrected chi connectivity index (χ0v) is 18.9. The lowest BCUT2D eigenvalue weighted by atomic mass is 10.1. The largest absolute Gasteiger partial charge is 0.367 e. The van der Waals surface area contributed by atoms with Crippen molar-refractivity contribution in [3.8, 4) is 0 Å². The number of carbonyl (C=O) groups is 2. The van der Waals surface area contributed by atoms with Crippen LogP contribution in [0.2, 0.25) is 0 Å². The van der Waals surface area contributed by atoms with E-state index in [1.807, 2.05) is 84.9 Å². The summed E-state index contributed by atoms with van der Waals surface area (Å²) in [7, 11) is 2.95. The molecule has 2 atom stereocenters. The van der Waals surface area contributed by atoms with Gasteiger partial charge in [-0.1, -0.05) is 84.9 Å². The number of nitrogens with one attached hydrogen (secondary N) is 2. The highest BCUT2D eigenvalue weighted by atomic mass is 16.5. The third-order valence-electron chi connectivity index (χ3n) is 4.87. The van der Waals surface area contributed by atoms with Gasteiger partial charge >= 0.3 is 0 Å². The molecule has 34 heavy (non-hydrogen) atoms. The van der Waals surface area contributed by atoms with Crippen molar-refractivity contribution < 1.29 is 19.1 Å². The van der Waals surface area contributed by atoms with E-state index in [0.29, 0.717) is 0 Å². The number of carbonyl (C=O) groups excluding carboxylic acids is 2. The molecule has 0 bridgehead atoms. The van der Waals surface area contributed by atoms with Crippen LogP contribution in [-0.4, -0.2) is 38.5 Å². The Bertz CT molecular complexity index is 1030. The molecule has 3 rings (SSSR count). The molecule has 3 aromatic carbocycles. The smallest absolute Gasteiger partial charge is 0.273 e. The molecule has 0 aliphatic carbocycles. The Labute approximate surface area is 198 Å². The quantitative estimate of drug-likeness (QED) is 0.359. The molecule has 0 spiro atoms. The number of hydrogen-bond donors (Lipinski definition) is 2. The molecule has 0 unspecified atom stereocenters. The maximum atomic E-state index is 12.3. The fraction of sp³-hybridized carbons (Fsp3) is 0.154. The minimum absolute atomic E-state index is 0.366. The van der Waals surface area contributed by atoms with Crippen LogP contribution in [0.3, 0.4) is 0 Å². The van der Waals surface area contributed by atoms with E-state index in [1.54, 1.807) is 0 Å². The van der Waals surface area contributed by atoms with E-state index >= 15 is 0 Å². The van der Waals surface area contributed by atoms with Gasteiger partial charge in [-0.3, -0.25) is 9.59 Å². The van der Waals surface area contributed by atoms with E-state index in [-0.39, 0.29) is 11.8 Å². The highest BCUT2D eigenvalue weighted by Gasteiger charge is 2.19. The van der Waals surface area contributed by atoms with Crippen LogP contribution in [0.15, 0.2) is 95.1 Å². The number of hydrazone groups is 2. The van der Waals surface area contributed by atoms with Crippen molar-refractivity contribution in [3.63, 3.8) is 0 Å². The van der Waals surface area contributed by atoms with Gasteiger partial charge in [0, 0.05) is 14.2 Å². The zero-order valence-electron chi connectivity index (χ0n) is 18.9. The first kappa shape index (κ1) is 24.5. The van der Waals surface area contributed by atoms with Gasteiger partial charge in [0.05, 0.1) is 12.4 Å². The number of hydrogen-bond acceptors (Lipinski definition) is 6. The monoisotopic (exact) mass is 458 g/mol. The predicted octanol–water partition coefficient (Wildman–Crippen LogP) is 3.36. The van der Waals surface area contributed by atoms with Gasteiger partial charge in [-0.15, -0.1) is 0 Å². The third kappa shape index (κ3) is 6.93. The van der Waals surface area contributed by atoms with Crippen molar-refractivity contribution >= 4 is 24.2 Å². The molecule has 0 aliphatic rings. The van der Waals surface area contributed by atoms with Crippen LogP contribution >= 0.6 is 0 Å². The SMILES string of the molecule is CO[C@H](C(=O)NN=Cc1ccc(C=NNC(=O)[C@H](OC)c2ccccc2)cc1)c1ccccc1. The molecule has 0 saturated carbocycles. The summed E-state index contributed by atoms with van der Waals surface area (Å²) >= 11 is 0. The van der Waals surface area contributed by atoms with E-state index in [9.17, 15) is 9.59 Å². The van der Waals surface area contributed by atoms with Crippen LogP contribution in [0.4, 0.5) is 0 Å². The molecule has 2 amide bonds. The first-order chi connectivity index (χ1) is 16.6. The van der Waals surface area contributed by atoms with E-state index in [2.05, 4.69) is 21.1 Å². The van der Waals surface area contributed by atoms with Crippen molar-refractivity contribution in [2.75, 3.05) is 14.2 Å². The van der Waals surface area contributed by atoms with E-state index in [1.165, 1.54) is 26.6 Å². The second kappa shape index (κ2) is 12.8. The van der Waals surface area contributed by atoms with Crippen LogP contribution in [0.25, 0.3) is 0 Å². The summed E-state index contributed by atoms with van der Waals surface area (Å²) in [6, 6.07) is 25.6. The Hall–Kier alpha value is -4.14. The molecule has 0 aromatic heterocycles. The van der Waals surface area contributed by atoms with Gasteiger partial charge in [0.25, 0.3) is 11.8 Å². The summed E-state index contributed by atoms with van der Waals surface area (Å²) in [6.45, 7) is 0. The van der Waals surface area contributed by atoms with Gasteiger partial charge < -0.3 is 9.47 Å². The average molecular weight is 459 g/mol. The van der Waals surface area contributed by atoms with Gasteiger partial charge in [-0.05, 0) is 22.3 Å². The third-order valence-corrected chi connectivity index (χ3v) is 4.87. The van der Waals surface area contributed by atoms with Crippen molar-refractivity contribution in [2.24, 2.45) is 10.2 Å². The Morgan fingerprint density at radius 1 is 0.647 bits per heavy atom. The summed E-state index contributed by atoms with van der Waals surface area (Å²) in [5.41, 5.74) is 8.02. The van der Waals surface area contributed by atoms with Gasteiger partial charge in [-0.25, -0.2) is 10.9 Å². The molecule has 0 saturated heterocycles. The minimum atomic E-state index is -0.744. The number of nitrogens with zero attached hydrogens (tertiary/aromatic N) is 2. The van der Waals surface area contributed by atoms with E-state index < -0.39 is 12.2 Å². The van der Waals surface area contributed by atoms with Crippen LogP contribution in [0.1, 0.15) is 34.5 Å². The van der Waals surface area contributed by atoms with Crippen LogP contribution in [-0.2, 0) is 19.1 Å². The average Bonchev–Trinajstić information content (AvgIpc) is 2.87. The molecule has 8 nitrogen and oxygen atoms in total. The van der Waals surface area contributed by atoms with Crippen LogP contribution in [0, 0.1) is 0 Å². The molecule has 0 fully saturated rings. The fourth-order valence-electron chi connectivity index (χ4n) is 3.17. The Kier molecular flexibility index (Phi) is 9.21. The number of methoxy groups -OCH3 is 2. The lowest BCUT2D eigenvalue weighted by molar-refractivity contribution is -0.132. The van der Waals surface area contributed by atoms with E-state index in [0.717, 1.165) is 22.3 Å². The second-order valence-electron chi connectivity index (χ2n) is 7.19. The lowest BCUT2D eigenvalue weighted by Crippen LogP contribution is -2.26. The number of ether oxygens (including phenoxy) is 2. The molecule has 8 heteroatoms. The summed E-state index contributed by atoms with van der Waals surface area (Å²) in [5.74, 6) is -0.733. The standard InChI is InChI=1S/C26H26N4O4/c1-33-23(21-9-5-3-6-10-21)25(31)29-27-17-19-13-15-20(16-14-19)18-28-30-26(32)24(34-2)22-11-7-4-8-12-22/h3-18,23-24H,1-2H3,(H,29,31)(H,30,32)/t23-,24+. The number of benzene rings is 3. The normalized spacial score (nSPS) is 13.0. The van der Waals surface area contributed by atoms with Gasteiger partial charge in [0.2, 0.25) is 0 Å². The van der Waals surface area contributed by atoms with Gasteiger partial charge in [-0.2, -0.15) is 10.2 Å². The minimum Gasteiger partial charge on any atom is -0.367 e. The first-order valence-electron chi connectivity index (χ1n) is 10.5. The van der Waals surface area contributed by atoms with E-state index in [4.69, 9.17) is 9.47 Å². The topological polar surface area (TPSA) is 101 Å². The molecule has 0 aliphatic heterocycles. The molecule has 0 radical (unpaired) electrons. The summed E-state index contributed by atoms with van der Waals surface area (Å²) in [4.78, 5) is 24.7.